The van der Waals surface area contributed by atoms with Crippen molar-refractivity contribution in [2.75, 3.05) is 31.4 Å². The summed E-state index contributed by atoms with van der Waals surface area (Å²) in [6.45, 7) is 2.97. The van der Waals surface area contributed by atoms with Crippen LogP contribution in [-0.4, -0.2) is 62.9 Å². The summed E-state index contributed by atoms with van der Waals surface area (Å²) in [5.41, 5.74) is 0.144. The molecule has 1 aliphatic rings. The number of nitrogens with zero attached hydrogens (tertiary/aromatic N) is 3. The highest BCUT2D eigenvalue weighted by Gasteiger charge is 2.30. The van der Waals surface area contributed by atoms with Gasteiger partial charge in [0, 0.05) is 44.1 Å². The van der Waals surface area contributed by atoms with Gasteiger partial charge in [-0.2, -0.15) is 4.98 Å². The van der Waals surface area contributed by atoms with Gasteiger partial charge in [-0.25, -0.2) is 13.4 Å². The van der Waals surface area contributed by atoms with Crippen LogP contribution in [0.15, 0.2) is 48.0 Å². The van der Waals surface area contributed by atoms with Crippen LogP contribution in [0.4, 0.5) is 5.95 Å². The molecule has 0 radical (unpaired) electrons. The summed E-state index contributed by atoms with van der Waals surface area (Å²) in [4.78, 5) is 23.4. The predicted octanol–water partition coefficient (Wildman–Crippen LogP) is 1.78. The van der Waals surface area contributed by atoms with Gasteiger partial charge in [0.25, 0.3) is 5.91 Å². The zero-order chi connectivity index (χ0) is 21.7. The number of methoxy groups -OCH3 is 1. The van der Waals surface area contributed by atoms with E-state index in [-0.39, 0.29) is 17.5 Å². The first kappa shape index (κ1) is 21.7. The highest BCUT2D eigenvalue weighted by atomic mass is 32.2. The average molecular weight is 433 g/mol. The number of para-hydroxylation sites is 1. The molecule has 2 heterocycles. The van der Waals surface area contributed by atoms with Crippen molar-refractivity contribution in [1.29, 1.82) is 0 Å². The molecule has 1 saturated heterocycles. The van der Waals surface area contributed by atoms with E-state index in [2.05, 4.69) is 15.3 Å². The van der Waals surface area contributed by atoms with Gasteiger partial charge in [-0.05, 0) is 19.1 Å². The maximum atomic E-state index is 12.8. The van der Waals surface area contributed by atoms with Crippen LogP contribution in [0, 0.1) is 0 Å². The lowest BCUT2D eigenvalue weighted by Gasteiger charge is -2.38. The number of hydrogen-bond donors (Lipinski definition) is 1. The number of aromatic nitrogens is 2. The van der Waals surface area contributed by atoms with E-state index in [0.29, 0.717) is 24.8 Å². The Balaban J connectivity index is 1.83. The zero-order valence-corrected chi connectivity index (χ0v) is 17.8. The minimum absolute atomic E-state index is 0.115. The molecule has 1 atom stereocenters. The smallest absolute Gasteiger partial charge is 0.258 e. The van der Waals surface area contributed by atoms with E-state index >= 15 is 0 Å². The molecule has 0 bridgehead atoms. The molecule has 30 heavy (non-hydrogen) atoms. The van der Waals surface area contributed by atoms with Gasteiger partial charge < -0.3 is 19.7 Å². The van der Waals surface area contributed by atoms with E-state index in [4.69, 9.17) is 9.47 Å². The number of rotatable bonds is 8. The molecule has 0 unspecified atom stereocenters. The highest BCUT2D eigenvalue weighted by molar-refractivity contribution is 7.93. The number of nitrogens with one attached hydrogen (secondary N) is 1. The van der Waals surface area contributed by atoms with Gasteiger partial charge in [0.2, 0.25) is 11.8 Å². The van der Waals surface area contributed by atoms with Crippen LogP contribution in [0.3, 0.4) is 0 Å². The molecular weight excluding hydrogens is 408 g/mol. The van der Waals surface area contributed by atoms with Crippen molar-refractivity contribution in [1.82, 2.24) is 15.3 Å². The second-order valence-corrected chi connectivity index (χ2v) is 8.92. The van der Waals surface area contributed by atoms with E-state index in [1.807, 2.05) is 23.1 Å². The number of ether oxygens (including phenoxy) is 2. The van der Waals surface area contributed by atoms with Crippen molar-refractivity contribution in [2.45, 2.75) is 19.1 Å². The van der Waals surface area contributed by atoms with E-state index in [1.54, 1.807) is 26.2 Å². The van der Waals surface area contributed by atoms with Crippen molar-refractivity contribution in [2.24, 2.45) is 0 Å². The fourth-order valence-electron chi connectivity index (χ4n) is 2.69. The molecule has 1 aromatic heterocycles. The summed E-state index contributed by atoms with van der Waals surface area (Å²) in [5.74, 6) is 0.607. The van der Waals surface area contributed by atoms with Crippen molar-refractivity contribution in [3.05, 3.63) is 53.6 Å². The van der Waals surface area contributed by atoms with Crippen LogP contribution in [0.5, 0.6) is 11.6 Å². The Kier molecular flexibility index (Phi) is 6.68. The lowest BCUT2D eigenvalue weighted by molar-refractivity contribution is 0.0777. The van der Waals surface area contributed by atoms with Crippen LogP contribution in [0.1, 0.15) is 17.3 Å². The van der Waals surface area contributed by atoms with Crippen LogP contribution >= 0.6 is 0 Å². The van der Waals surface area contributed by atoms with Gasteiger partial charge in [-0.1, -0.05) is 24.3 Å². The molecule has 1 amide bonds. The quantitative estimate of drug-likeness (QED) is 0.672. The van der Waals surface area contributed by atoms with E-state index in [9.17, 15) is 13.2 Å². The number of benzene rings is 1. The lowest BCUT2D eigenvalue weighted by Crippen LogP contribution is -2.52. The third-order valence-electron chi connectivity index (χ3n) is 4.38. The first-order valence-corrected chi connectivity index (χ1v) is 11.3. The van der Waals surface area contributed by atoms with E-state index in [0.717, 1.165) is 11.7 Å². The minimum Gasteiger partial charge on any atom is -0.438 e. The number of hydrogen-bond acceptors (Lipinski definition) is 8. The highest BCUT2D eigenvalue weighted by Crippen LogP contribution is 2.27. The maximum Gasteiger partial charge on any atom is 0.258 e. The molecule has 0 spiro atoms. The Bertz CT molecular complexity index is 1020. The molecule has 2 aromatic rings. The Hall–Kier alpha value is -2.98. The molecule has 1 N–H and O–H groups in total. The summed E-state index contributed by atoms with van der Waals surface area (Å²) >= 11 is 0. The van der Waals surface area contributed by atoms with Crippen LogP contribution < -0.4 is 15.0 Å². The average Bonchev–Trinajstić information content (AvgIpc) is 2.66. The van der Waals surface area contributed by atoms with Crippen molar-refractivity contribution < 1.29 is 22.7 Å². The third-order valence-corrected chi connectivity index (χ3v) is 5.03. The number of amides is 1. The first-order chi connectivity index (χ1) is 14.2. The Morgan fingerprint density at radius 3 is 2.63 bits per heavy atom. The van der Waals surface area contributed by atoms with E-state index in [1.165, 1.54) is 12.3 Å². The first-order valence-electron chi connectivity index (χ1n) is 9.32. The van der Waals surface area contributed by atoms with Gasteiger partial charge in [0.05, 0.1) is 6.10 Å². The molecule has 1 aromatic carbocycles. The molecule has 0 aliphatic carbocycles. The number of carbonyl (C=O) groups is 1. The van der Waals surface area contributed by atoms with Crippen LogP contribution in [-0.2, 0) is 14.6 Å². The van der Waals surface area contributed by atoms with Crippen LogP contribution in [0.2, 0.25) is 0 Å². The molecule has 160 valence electrons. The number of sulfone groups is 1. The molecular formula is C20H24N4O5S. The van der Waals surface area contributed by atoms with Crippen molar-refractivity contribution in [3.8, 4) is 11.6 Å². The number of anilines is 1. The largest absolute Gasteiger partial charge is 0.438 e. The second-order valence-electron chi connectivity index (χ2n) is 6.99. The normalized spacial score (nSPS) is 15.6. The number of carbonyl (C=O) groups excluding carboxylic acids is 1. The Labute approximate surface area is 175 Å². The topological polar surface area (TPSA) is 111 Å². The van der Waals surface area contributed by atoms with Gasteiger partial charge >= 0.3 is 0 Å². The molecule has 3 rings (SSSR count). The summed E-state index contributed by atoms with van der Waals surface area (Å²) in [6.07, 6.45) is 4.01. The summed E-state index contributed by atoms with van der Waals surface area (Å²) in [6, 6.07) is 8.47. The SMILES string of the molecule is COC1CN(c2ncc(C(=O)N[C@@H](C)/C=C/S(C)(=O)=O)c(Oc3ccccc3)n2)C1. The third kappa shape index (κ3) is 5.77. The van der Waals surface area contributed by atoms with Crippen LogP contribution in [0.25, 0.3) is 0 Å². The lowest BCUT2D eigenvalue weighted by atomic mass is 10.2. The van der Waals surface area contributed by atoms with Gasteiger partial charge in [0.15, 0.2) is 9.84 Å². The second kappa shape index (κ2) is 9.23. The maximum absolute atomic E-state index is 12.8. The molecule has 1 fully saturated rings. The Morgan fingerprint density at radius 2 is 2.00 bits per heavy atom. The van der Waals surface area contributed by atoms with Crippen molar-refractivity contribution >= 4 is 21.7 Å². The molecule has 1 aliphatic heterocycles. The Morgan fingerprint density at radius 1 is 1.30 bits per heavy atom. The molecule has 0 saturated carbocycles. The zero-order valence-electron chi connectivity index (χ0n) is 17.0. The standard InChI is InChI=1S/C20H24N4O5S/c1-14(9-10-30(3,26)27)22-18(25)17-11-21-20(24-12-16(13-24)28-2)23-19(17)29-15-7-5-4-6-8-15/h4-11,14,16H,12-13H2,1-3H3,(H,22,25)/b10-9+/t14-/m0/s1. The monoisotopic (exact) mass is 432 g/mol. The summed E-state index contributed by atoms with van der Waals surface area (Å²) in [5, 5.41) is 3.75. The van der Waals surface area contributed by atoms with Gasteiger partial charge in [0.1, 0.15) is 11.3 Å². The van der Waals surface area contributed by atoms with E-state index < -0.39 is 21.8 Å². The summed E-state index contributed by atoms with van der Waals surface area (Å²) < 4.78 is 33.7. The fourth-order valence-corrected chi connectivity index (χ4v) is 3.21. The minimum atomic E-state index is -3.28. The van der Waals surface area contributed by atoms with Gasteiger partial charge in [-0.15, -0.1) is 0 Å². The summed E-state index contributed by atoms with van der Waals surface area (Å²) in [7, 11) is -1.63. The van der Waals surface area contributed by atoms with Gasteiger partial charge in [-0.3, -0.25) is 4.79 Å². The fraction of sp³-hybridized carbons (Fsp3) is 0.350. The molecule has 9 nitrogen and oxygen atoms in total. The molecule has 10 heteroatoms. The predicted molar refractivity (Wildman–Crippen MR) is 112 cm³/mol. The van der Waals surface area contributed by atoms with Crippen molar-refractivity contribution in [3.63, 3.8) is 0 Å².